The van der Waals surface area contributed by atoms with E-state index in [1.54, 1.807) is 30.3 Å². The highest BCUT2D eigenvalue weighted by Gasteiger charge is 2.05. The molecule has 2 aromatic carbocycles. The Hall–Kier alpha value is -3.26. The number of benzene rings is 2. The van der Waals surface area contributed by atoms with Gasteiger partial charge in [0.25, 0.3) is 0 Å². The number of nitriles is 1. The lowest BCUT2D eigenvalue weighted by Gasteiger charge is -2.09. The molecular weight excluding hydrogens is 330 g/mol. The van der Waals surface area contributed by atoms with Gasteiger partial charge in [0, 0.05) is 0 Å². The average Bonchev–Trinajstić information content (AvgIpc) is 2.65. The minimum absolute atomic E-state index is 0.308. The van der Waals surface area contributed by atoms with E-state index in [-0.39, 0.29) is 5.57 Å². The van der Waals surface area contributed by atoms with Gasteiger partial charge in [-0.3, -0.25) is 0 Å². The molecule has 0 fully saturated rings. The number of carbonyl (C=O) groups is 1. The second-order valence-corrected chi connectivity index (χ2v) is 5.63. The maximum atomic E-state index is 10.8. The van der Waals surface area contributed by atoms with Crippen LogP contribution in [0.2, 0.25) is 0 Å². The summed E-state index contributed by atoms with van der Waals surface area (Å²) in [6.45, 7) is 2.97. The van der Waals surface area contributed by atoms with Crippen LogP contribution in [-0.4, -0.2) is 24.3 Å². The van der Waals surface area contributed by atoms with E-state index < -0.39 is 5.97 Å². The zero-order valence-electron chi connectivity index (χ0n) is 14.6. The van der Waals surface area contributed by atoms with Crippen molar-refractivity contribution >= 4 is 12.0 Å². The Kier molecular flexibility index (Phi) is 7.26. The molecule has 0 saturated heterocycles. The van der Waals surface area contributed by atoms with Crippen molar-refractivity contribution in [2.24, 2.45) is 0 Å². The first-order valence-corrected chi connectivity index (χ1v) is 8.42. The van der Waals surface area contributed by atoms with Crippen LogP contribution in [-0.2, 0) is 11.2 Å². The van der Waals surface area contributed by atoms with Crippen LogP contribution < -0.4 is 9.47 Å². The number of carboxylic acid groups (broad SMARTS) is 1. The van der Waals surface area contributed by atoms with E-state index in [2.05, 4.69) is 19.1 Å². The van der Waals surface area contributed by atoms with Crippen molar-refractivity contribution < 1.29 is 19.4 Å². The highest BCUT2D eigenvalue weighted by atomic mass is 16.5. The Balaban J connectivity index is 1.79. The monoisotopic (exact) mass is 351 g/mol. The summed E-state index contributed by atoms with van der Waals surface area (Å²) in [5, 5.41) is 17.6. The average molecular weight is 351 g/mol. The molecular formula is C21H21NO4. The van der Waals surface area contributed by atoms with Crippen LogP contribution in [0.15, 0.2) is 54.1 Å². The summed E-state index contributed by atoms with van der Waals surface area (Å²) >= 11 is 0. The first-order chi connectivity index (χ1) is 12.6. The largest absolute Gasteiger partial charge is 0.490 e. The maximum absolute atomic E-state index is 10.8. The topological polar surface area (TPSA) is 79.5 Å². The zero-order valence-corrected chi connectivity index (χ0v) is 14.6. The fraction of sp³-hybridized carbons (Fsp3) is 0.238. The summed E-state index contributed by atoms with van der Waals surface area (Å²) in [5.41, 5.74) is 1.62. The van der Waals surface area contributed by atoms with Gasteiger partial charge in [0.15, 0.2) is 0 Å². The second-order valence-electron chi connectivity index (χ2n) is 5.63. The molecule has 0 saturated carbocycles. The molecule has 0 radical (unpaired) electrons. The Bertz CT molecular complexity index is 786. The Labute approximate surface area is 153 Å². The van der Waals surface area contributed by atoms with Gasteiger partial charge in [0.05, 0.1) is 0 Å². The second kappa shape index (κ2) is 9.90. The molecule has 0 aliphatic heterocycles. The number of rotatable bonds is 9. The van der Waals surface area contributed by atoms with Gasteiger partial charge in [-0.05, 0) is 47.9 Å². The lowest BCUT2D eigenvalue weighted by atomic mass is 10.1. The number of carboxylic acids is 1. The molecule has 0 aromatic heterocycles. The quantitative estimate of drug-likeness (QED) is 0.418. The van der Waals surface area contributed by atoms with E-state index in [0.717, 1.165) is 18.6 Å². The first kappa shape index (κ1) is 19.1. The molecule has 1 N–H and O–H groups in total. The van der Waals surface area contributed by atoms with E-state index in [1.165, 1.54) is 11.6 Å². The summed E-state index contributed by atoms with van der Waals surface area (Å²) in [6.07, 6.45) is 3.51. The molecule has 0 unspecified atom stereocenters. The summed E-state index contributed by atoms with van der Waals surface area (Å²) in [7, 11) is 0. The van der Waals surface area contributed by atoms with Crippen molar-refractivity contribution in [3.63, 3.8) is 0 Å². The van der Waals surface area contributed by atoms with Gasteiger partial charge < -0.3 is 14.6 Å². The Morgan fingerprint density at radius 3 is 2.04 bits per heavy atom. The molecule has 134 valence electrons. The van der Waals surface area contributed by atoms with Gasteiger partial charge >= 0.3 is 5.97 Å². The number of hydrogen-bond donors (Lipinski definition) is 1. The summed E-state index contributed by atoms with van der Waals surface area (Å²) < 4.78 is 11.2. The lowest BCUT2D eigenvalue weighted by Crippen LogP contribution is -2.08. The van der Waals surface area contributed by atoms with Gasteiger partial charge in [-0.2, -0.15) is 5.26 Å². The summed E-state index contributed by atoms with van der Waals surface area (Å²) in [6, 6.07) is 16.5. The molecule has 5 nitrogen and oxygen atoms in total. The van der Waals surface area contributed by atoms with Crippen LogP contribution in [0.3, 0.4) is 0 Å². The number of ether oxygens (including phenoxy) is 2. The van der Waals surface area contributed by atoms with Gasteiger partial charge in [-0.15, -0.1) is 0 Å². The number of aliphatic carboxylic acids is 1. The van der Waals surface area contributed by atoms with Crippen molar-refractivity contribution in [2.75, 3.05) is 13.2 Å². The van der Waals surface area contributed by atoms with Crippen LogP contribution in [0.1, 0.15) is 24.5 Å². The number of hydrogen-bond acceptors (Lipinski definition) is 4. The summed E-state index contributed by atoms with van der Waals surface area (Å²) in [4.78, 5) is 10.8. The SMILES string of the molecule is CCCc1ccc(OCCOc2ccc(C=C(C#N)C(=O)O)cc2)cc1. The standard InChI is InChI=1S/C21H21NO4/c1-2-3-16-4-8-19(9-5-16)25-12-13-26-20-10-6-17(7-11-20)14-18(15-22)21(23)24/h4-11,14H,2-3,12-13H2,1H3,(H,23,24). The van der Waals surface area contributed by atoms with Gasteiger partial charge in [-0.1, -0.05) is 37.6 Å². The maximum Gasteiger partial charge on any atom is 0.346 e. The Morgan fingerprint density at radius 2 is 1.58 bits per heavy atom. The van der Waals surface area contributed by atoms with Crippen molar-refractivity contribution in [2.45, 2.75) is 19.8 Å². The summed E-state index contributed by atoms with van der Waals surface area (Å²) in [5.74, 6) is 0.220. The zero-order chi connectivity index (χ0) is 18.8. The third-order valence-corrected chi connectivity index (χ3v) is 3.62. The lowest BCUT2D eigenvalue weighted by molar-refractivity contribution is -0.132. The van der Waals surface area contributed by atoms with E-state index in [1.807, 2.05) is 12.1 Å². The predicted octanol–water partition coefficient (Wildman–Crippen LogP) is 4.09. The van der Waals surface area contributed by atoms with Crippen molar-refractivity contribution in [3.05, 3.63) is 65.2 Å². The fourth-order valence-corrected chi connectivity index (χ4v) is 2.33. The first-order valence-electron chi connectivity index (χ1n) is 8.42. The van der Waals surface area contributed by atoms with Crippen LogP contribution in [0.5, 0.6) is 11.5 Å². The molecule has 26 heavy (non-hydrogen) atoms. The predicted molar refractivity (Wildman–Crippen MR) is 99.1 cm³/mol. The van der Waals surface area contributed by atoms with Crippen molar-refractivity contribution in [1.82, 2.24) is 0 Å². The van der Waals surface area contributed by atoms with Gasteiger partial charge in [0.2, 0.25) is 0 Å². The van der Waals surface area contributed by atoms with Crippen LogP contribution in [0.4, 0.5) is 0 Å². The van der Waals surface area contributed by atoms with Crippen LogP contribution in [0.25, 0.3) is 6.08 Å². The molecule has 0 bridgehead atoms. The highest BCUT2D eigenvalue weighted by Crippen LogP contribution is 2.16. The number of aryl methyl sites for hydroxylation is 1. The van der Waals surface area contributed by atoms with E-state index in [4.69, 9.17) is 19.8 Å². The number of nitrogens with zero attached hydrogens (tertiary/aromatic N) is 1. The third kappa shape index (κ3) is 5.99. The van der Waals surface area contributed by atoms with E-state index in [0.29, 0.717) is 24.5 Å². The molecule has 5 heteroatoms. The third-order valence-electron chi connectivity index (χ3n) is 3.62. The molecule has 2 aromatic rings. The highest BCUT2D eigenvalue weighted by molar-refractivity contribution is 5.96. The normalized spacial score (nSPS) is 10.8. The van der Waals surface area contributed by atoms with Crippen molar-refractivity contribution in [3.8, 4) is 17.6 Å². The minimum atomic E-state index is -1.24. The molecule has 0 atom stereocenters. The molecule has 0 aliphatic rings. The molecule has 0 spiro atoms. The fourth-order valence-electron chi connectivity index (χ4n) is 2.33. The smallest absolute Gasteiger partial charge is 0.346 e. The molecule has 0 aliphatic carbocycles. The van der Waals surface area contributed by atoms with Crippen molar-refractivity contribution in [1.29, 1.82) is 5.26 Å². The molecule has 0 heterocycles. The van der Waals surface area contributed by atoms with Crippen LogP contribution in [0, 0.1) is 11.3 Å². The molecule has 0 amide bonds. The van der Waals surface area contributed by atoms with E-state index in [9.17, 15) is 4.79 Å². The van der Waals surface area contributed by atoms with Gasteiger partial charge in [0.1, 0.15) is 36.4 Å². The van der Waals surface area contributed by atoms with E-state index >= 15 is 0 Å². The Morgan fingerprint density at radius 1 is 1.04 bits per heavy atom. The van der Waals surface area contributed by atoms with Gasteiger partial charge in [-0.25, -0.2) is 4.79 Å². The minimum Gasteiger partial charge on any atom is -0.490 e. The molecule has 2 rings (SSSR count). The van der Waals surface area contributed by atoms with Crippen LogP contribution >= 0.6 is 0 Å².